The summed E-state index contributed by atoms with van der Waals surface area (Å²) in [7, 11) is 0. The number of amides is 1. The van der Waals surface area contributed by atoms with Gasteiger partial charge < -0.3 is 10.1 Å². The van der Waals surface area contributed by atoms with Crippen molar-refractivity contribution in [2.75, 3.05) is 29.9 Å². The van der Waals surface area contributed by atoms with Gasteiger partial charge in [-0.3, -0.25) is 9.69 Å². The quantitative estimate of drug-likeness (QED) is 0.430. The molecule has 0 aliphatic carbocycles. The Labute approximate surface area is 203 Å². The predicted octanol–water partition coefficient (Wildman–Crippen LogP) is 5.54. The Balaban J connectivity index is 1.39. The number of para-hydroxylation sites is 1. The highest BCUT2D eigenvalue weighted by atomic mass is 32.2. The number of rotatable bonds is 8. The summed E-state index contributed by atoms with van der Waals surface area (Å²) in [6.45, 7) is 7.63. The summed E-state index contributed by atoms with van der Waals surface area (Å²) < 4.78 is 5.95. The van der Waals surface area contributed by atoms with Crippen LogP contribution >= 0.6 is 23.1 Å². The zero-order valence-corrected chi connectivity index (χ0v) is 20.7. The fourth-order valence-corrected chi connectivity index (χ4v) is 5.28. The Morgan fingerprint density at radius 1 is 1.15 bits per heavy atom. The van der Waals surface area contributed by atoms with Crippen LogP contribution in [0.5, 0.6) is 5.75 Å². The SMILES string of the molecule is Cc1nc(COc2ccccc2/C=C\C(=O)Nc2cccc(CN3CCSCC3)c2C)cs1. The molecule has 1 aliphatic heterocycles. The van der Waals surface area contributed by atoms with Crippen molar-refractivity contribution in [3.05, 3.63) is 81.3 Å². The maximum Gasteiger partial charge on any atom is 0.248 e. The Morgan fingerprint density at radius 2 is 1.97 bits per heavy atom. The van der Waals surface area contributed by atoms with Crippen LogP contribution in [0.15, 0.2) is 53.9 Å². The number of thioether (sulfide) groups is 1. The monoisotopic (exact) mass is 479 g/mol. The lowest BCUT2D eigenvalue weighted by atomic mass is 10.1. The minimum absolute atomic E-state index is 0.158. The highest BCUT2D eigenvalue weighted by molar-refractivity contribution is 7.99. The predicted molar refractivity (Wildman–Crippen MR) is 139 cm³/mol. The number of ether oxygens (including phenoxy) is 1. The van der Waals surface area contributed by atoms with Crippen LogP contribution in [0, 0.1) is 13.8 Å². The molecule has 0 saturated carbocycles. The highest BCUT2D eigenvalue weighted by Gasteiger charge is 2.13. The zero-order chi connectivity index (χ0) is 23.0. The second kappa shape index (κ2) is 11.5. The number of thiazole rings is 1. The van der Waals surface area contributed by atoms with Gasteiger partial charge in [0.2, 0.25) is 5.91 Å². The molecule has 0 radical (unpaired) electrons. The van der Waals surface area contributed by atoms with E-state index in [1.165, 1.54) is 17.1 Å². The minimum atomic E-state index is -0.158. The lowest BCUT2D eigenvalue weighted by molar-refractivity contribution is -0.111. The van der Waals surface area contributed by atoms with Crippen LogP contribution in [0.4, 0.5) is 5.69 Å². The van der Waals surface area contributed by atoms with Crippen molar-refractivity contribution < 1.29 is 9.53 Å². The summed E-state index contributed by atoms with van der Waals surface area (Å²) in [5.74, 6) is 2.95. The van der Waals surface area contributed by atoms with E-state index in [2.05, 4.69) is 28.2 Å². The summed E-state index contributed by atoms with van der Waals surface area (Å²) in [6, 6.07) is 13.8. The van der Waals surface area contributed by atoms with Crippen molar-refractivity contribution in [3.8, 4) is 5.75 Å². The van der Waals surface area contributed by atoms with Gasteiger partial charge in [-0.15, -0.1) is 11.3 Å². The molecule has 0 unspecified atom stereocenters. The van der Waals surface area contributed by atoms with E-state index < -0.39 is 0 Å². The van der Waals surface area contributed by atoms with E-state index in [-0.39, 0.29) is 5.91 Å². The Morgan fingerprint density at radius 3 is 2.76 bits per heavy atom. The molecule has 1 amide bonds. The molecule has 33 heavy (non-hydrogen) atoms. The first-order valence-corrected chi connectivity index (χ1v) is 13.1. The van der Waals surface area contributed by atoms with Crippen molar-refractivity contribution in [3.63, 3.8) is 0 Å². The lowest BCUT2D eigenvalue weighted by Gasteiger charge is -2.27. The van der Waals surface area contributed by atoms with Gasteiger partial charge >= 0.3 is 0 Å². The van der Waals surface area contributed by atoms with Gasteiger partial charge in [0.25, 0.3) is 0 Å². The van der Waals surface area contributed by atoms with Crippen LogP contribution in [0.1, 0.15) is 27.4 Å². The van der Waals surface area contributed by atoms with Crippen LogP contribution in [-0.4, -0.2) is 40.4 Å². The minimum Gasteiger partial charge on any atom is -0.487 e. The lowest BCUT2D eigenvalue weighted by Crippen LogP contribution is -2.32. The normalized spacial score (nSPS) is 14.5. The summed E-state index contributed by atoms with van der Waals surface area (Å²) in [5.41, 5.74) is 5.01. The Hall–Kier alpha value is -2.61. The maximum absolute atomic E-state index is 12.7. The van der Waals surface area contributed by atoms with Crippen LogP contribution in [0.3, 0.4) is 0 Å². The maximum atomic E-state index is 12.7. The molecule has 1 aliphatic rings. The third-order valence-electron chi connectivity index (χ3n) is 5.58. The first-order chi connectivity index (χ1) is 16.1. The number of benzene rings is 2. The van der Waals surface area contributed by atoms with E-state index >= 15 is 0 Å². The fraction of sp³-hybridized carbons (Fsp3) is 0.308. The molecular weight excluding hydrogens is 450 g/mol. The number of anilines is 1. The zero-order valence-electron chi connectivity index (χ0n) is 19.0. The Bertz CT molecular complexity index is 1120. The molecule has 1 saturated heterocycles. The molecule has 2 heterocycles. The summed E-state index contributed by atoms with van der Waals surface area (Å²) in [5, 5.41) is 6.06. The highest BCUT2D eigenvalue weighted by Crippen LogP contribution is 2.23. The van der Waals surface area contributed by atoms with Gasteiger partial charge in [-0.05, 0) is 43.2 Å². The number of aryl methyl sites for hydroxylation is 1. The molecule has 1 aromatic heterocycles. The molecule has 4 rings (SSSR count). The molecule has 0 spiro atoms. The van der Waals surface area contributed by atoms with Gasteiger partial charge in [0.05, 0.1) is 10.7 Å². The standard InChI is InChI=1S/C26H29N3O2S2/c1-19-22(16-29-12-14-32-15-13-29)7-5-8-24(19)28-26(30)11-10-21-6-3-4-9-25(21)31-17-23-18-33-20(2)27-23/h3-11,18H,12-17H2,1-2H3,(H,28,30)/b11-10-. The number of nitrogens with zero attached hydrogens (tertiary/aromatic N) is 2. The number of aromatic nitrogens is 1. The second-order valence-corrected chi connectivity index (χ2v) is 10.3. The van der Waals surface area contributed by atoms with E-state index in [9.17, 15) is 4.79 Å². The van der Waals surface area contributed by atoms with Crippen LogP contribution in [-0.2, 0) is 17.9 Å². The molecular formula is C26H29N3O2S2. The first-order valence-electron chi connectivity index (χ1n) is 11.1. The molecule has 0 atom stereocenters. The topological polar surface area (TPSA) is 54.5 Å². The fourth-order valence-electron chi connectivity index (χ4n) is 3.71. The van der Waals surface area contributed by atoms with E-state index in [1.807, 2.05) is 60.5 Å². The summed E-state index contributed by atoms with van der Waals surface area (Å²) in [6.07, 6.45) is 3.35. The van der Waals surface area contributed by atoms with E-state index in [0.29, 0.717) is 6.61 Å². The van der Waals surface area contributed by atoms with Gasteiger partial charge in [0.15, 0.2) is 0 Å². The molecule has 0 bridgehead atoms. The van der Waals surface area contributed by atoms with Crippen molar-refractivity contribution in [1.29, 1.82) is 0 Å². The number of hydrogen-bond acceptors (Lipinski definition) is 6. The molecule has 172 valence electrons. The van der Waals surface area contributed by atoms with Gasteiger partial charge in [0.1, 0.15) is 12.4 Å². The average Bonchev–Trinajstić information content (AvgIpc) is 3.25. The number of nitrogens with one attached hydrogen (secondary N) is 1. The number of carbonyl (C=O) groups is 1. The van der Waals surface area contributed by atoms with Crippen LogP contribution in [0.2, 0.25) is 0 Å². The van der Waals surface area contributed by atoms with Crippen molar-refractivity contribution in [1.82, 2.24) is 9.88 Å². The first kappa shape index (κ1) is 23.5. The molecule has 7 heteroatoms. The van der Waals surface area contributed by atoms with Crippen molar-refractivity contribution in [2.45, 2.75) is 27.0 Å². The summed E-state index contributed by atoms with van der Waals surface area (Å²) in [4.78, 5) is 19.6. The third kappa shape index (κ3) is 6.69. The second-order valence-electron chi connectivity index (χ2n) is 7.99. The summed E-state index contributed by atoms with van der Waals surface area (Å²) >= 11 is 3.62. The van der Waals surface area contributed by atoms with Crippen LogP contribution < -0.4 is 10.1 Å². The third-order valence-corrected chi connectivity index (χ3v) is 7.34. The molecule has 5 nitrogen and oxygen atoms in total. The molecule has 3 aromatic rings. The number of hydrogen-bond donors (Lipinski definition) is 1. The van der Waals surface area contributed by atoms with Gasteiger partial charge in [0, 0.05) is 53.8 Å². The van der Waals surface area contributed by atoms with Crippen molar-refractivity contribution >= 4 is 40.8 Å². The van der Waals surface area contributed by atoms with Gasteiger partial charge in [-0.1, -0.05) is 30.3 Å². The number of carbonyl (C=O) groups excluding carboxylic acids is 1. The molecule has 1 fully saturated rings. The van der Waals surface area contributed by atoms with Crippen molar-refractivity contribution in [2.24, 2.45) is 0 Å². The van der Waals surface area contributed by atoms with Gasteiger partial charge in [-0.25, -0.2) is 4.98 Å². The largest absolute Gasteiger partial charge is 0.487 e. The van der Waals surface area contributed by atoms with Gasteiger partial charge in [-0.2, -0.15) is 11.8 Å². The van der Waals surface area contributed by atoms with Crippen LogP contribution in [0.25, 0.3) is 6.08 Å². The van der Waals surface area contributed by atoms with E-state index in [4.69, 9.17) is 4.74 Å². The smallest absolute Gasteiger partial charge is 0.248 e. The molecule has 2 aromatic carbocycles. The Kier molecular flexibility index (Phi) is 8.20. The molecule has 1 N–H and O–H groups in total. The average molecular weight is 480 g/mol. The van der Waals surface area contributed by atoms with E-state index in [1.54, 1.807) is 23.5 Å². The van der Waals surface area contributed by atoms with E-state index in [0.717, 1.165) is 52.9 Å².